The van der Waals surface area contributed by atoms with Crippen LogP contribution in [-0.4, -0.2) is 31.4 Å². The van der Waals surface area contributed by atoms with Gasteiger partial charge in [0.25, 0.3) is 0 Å². The first-order chi connectivity index (χ1) is 15.5. The zero-order chi connectivity index (χ0) is 22.7. The summed E-state index contributed by atoms with van der Waals surface area (Å²) in [6, 6.07) is 12.2. The third-order valence-corrected chi connectivity index (χ3v) is 5.85. The van der Waals surface area contributed by atoms with Crippen molar-refractivity contribution in [3.05, 3.63) is 74.7 Å². The summed E-state index contributed by atoms with van der Waals surface area (Å²) in [6.45, 7) is 6.17. The van der Waals surface area contributed by atoms with E-state index in [0.29, 0.717) is 18.0 Å². The third-order valence-electron chi connectivity index (χ3n) is 5.85. The van der Waals surface area contributed by atoms with Crippen LogP contribution in [0.5, 0.6) is 0 Å². The Kier molecular flexibility index (Phi) is 6.30. The van der Waals surface area contributed by atoms with Crippen molar-refractivity contribution in [2.75, 3.05) is 0 Å². The molecular formula is C24H28N6O2. The first kappa shape index (κ1) is 21.7. The van der Waals surface area contributed by atoms with E-state index in [1.54, 1.807) is 7.05 Å². The summed E-state index contributed by atoms with van der Waals surface area (Å²) >= 11 is 0. The van der Waals surface area contributed by atoms with Crippen LogP contribution in [0.3, 0.4) is 0 Å². The number of ether oxygens (including phenoxy) is 1. The summed E-state index contributed by atoms with van der Waals surface area (Å²) < 4.78 is 8.48. The molecule has 1 heterocycles. The molecule has 0 unspecified atom stereocenters. The number of benzene rings is 2. The van der Waals surface area contributed by atoms with Crippen LogP contribution in [0.1, 0.15) is 54.5 Å². The van der Waals surface area contributed by atoms with E-state index >= 15 is 0 Å². The fourth-order valence-corrected chi connectivity index (χ4v) is 3.88. The van der Waals surface area contributed by atoms with Crippen LogP contribution in [0.25, 0.3) is 5.69 Å². The Morgan fingerprint density at radius 2 is 1.94 bits per heavy atom. The molecule has 0 saturated carbocycles. The van der Waals surface area contributed by atoms with Crippen LogP contribution in [0.4, 0.5) is 0 Å². The highest BCUT2D eigenvalue weighted by atomic mass is 16.5. The van der Waals surface area contributed by atoms with Crippen LogP contribution in [0.15, 0.2) is 51.4 Å². The van der Waals surface area contributed by atoms with E-state index in [1.165, 1.54) is 33.3 Å². The zero-order valence-electron chi connectivity index (χ0n) is 19.0. The Morgan fingerprint density at radius 1 is 1.12 bits per heavy atom. The molecule has 0 saturated heterocycles. The van der Waals surface area contributed by atoms with Gasteiger partial charge in [0.2, 0.25) is 5.90 Å². The molecule has 1 aliphatic carbocycles. The highest BCUT2D eigenvalue weighted by Crippen LogP contribution is 2.23. The number of hydrogen-bond acceptors (Lipinski definition) is 6. The first-order valence-electron chi connectivity index (χ1n) is 10.9. The summed E-state index contributed by atoms with van der Waals surface area (Å²) in [7, 11) is 1.57. The predicted molar refractivity (Wildman–Crippen MR) is 125 cm³/mol. The molecule has 0 fully saturated rings. The Morgan fingerprint density at radius 3 is 2.69 bits per heavy atom. The molecule has 0 bridgehead atoms. The molecule has 8 heteroatoms. The molecular weight excluding hydrogens is 404 g/mol. The van der Waals surface area contributed by atoms with Gasteiger partial charge < -0.3 is 4.74 Å². The van der Waals surface area contributed by atoms with E-state index in [2.05, 4.69) is 38.8 Å². The Balaban J connectivity index is 1.54. The minimum absolute atomic E-state index is 0.255. The van der Waals surface area contributed by atoms with Gasteiger partial charge >= 0.3 is 5.69 Å². The van der Waals surface area contributed by atoms with Gasteiger partial charge in [-0.1, -0.05) is 31.2 Å². The van der Waals surface area contributed by atoms with Crippen molar-refractivity contribution in [2.45, 2.75) is 53.1 Å². The summed E-state index contributed by atoms with van der Waals surface area (Å²) in [5.41, 5.74) is 7.00. The van der Waals surface area contributed by atoms with Crippen LogP contribution in [0.2, 0.25) is 0 Å². The van der Waals surface area contributed by atoms with E-state index in [-0.39, 0.29) is 12.3 Å². The lowest BCUT2D eigenvalue weighted by Gasteiger charge is -2.13. The van der Waals surface area contributed by atoms with Crippen LogP contribution in [-0.2, 0) is 31.2 Å². The summed E-state index contributed by atoms with van der Waals surface area (Å²) in [5, 5.41) is 16.6. The van der Waals surface area contributed by atoms with Crippen LogP contribution < -0.4 is 5.69 Å². The smallest absolute Gasteiger partial charge is 0.368 e. The average Bonchev–Trinajstić information content (AvgIpc) is 3.40. The van der Waals surface area contributed by atoms with E-state index in [4.69, 9.17) is 4.74 Å². The lowest BCUT2D eigenvalue weighted by molar-refractivity contribution is 0.282. The molecule has 32 heavy (non-hydrogen) atoms. The van der Waals surface area contributed by atoms with E-state index < -0.39 is 0 Å². The van der Waals surface area contributed by atoms with Gasteiger partial charge in [0.1, 0.15) is 6.61 Å². The van der Waals surface area contributed by atoms with Crippen molar-refractivity contribution in [2.24, 2.45) is 17.3 Å². The molecule has 4 rings (SSSR count). The number of rotatable bonds is 6. The Labute approximate surface area is 187 Å². The average molecular weight is 433 g/mol. The minimum atomic E-state index is -0.309. The third kappa shape index (κ3) is 4.39. The largest absolute Gasteiger partial charge is 0.475 e. The molecule has 0 amide bonds. The molecule has 166 valence electrons. The van der Waals surface area contributed by atoms with E-state index in [1.807, 2.05) is 39.0 Å². The predicted octanol–water partition coefficient (Wildman–Crippen LogP) is 3.51. The molecule has 3 aromatic rings. The molecule has 2 aromatic carbocycles. The minimum Gasteiger partial charge on any atom is -0.475 e. The van der Waals surface area contributed by atoms with Crippen molar-refractivity contribution in [1.82, 2.24) is 19.8 Å². The fraction of sp³-hybridized carbons (Fsp3) is 0.375. The summed E-state index contributed by atoms with van der Waals surface area (Å²) in [5.74, 6) is 0.534. The van der Waals surface area contributed by atoms with Gasteiger partial charge in [-0.15, -0.1) is 5.10 Å². The second kappa shape index (κ2) is 9.30. The zero-order valence-corrected chi connectivity index (χ0v) is 19.0. The lowest BCUT2D eigenvalue weighted by atomic mass is 10.0. The second-order valence-corrected chi connectivity index (χ2v) is 8.03. The van der Waals surface area contributed by atoms with Crippen molar-refractivity contribution in [3.8, 4) is 5.69 Å². The topological polar surface area (TPSA) is 86.7 Å². The normalized spacial score (nSPS) is 14.0. The van der Waals surface area contributed by atoms with E-state index in [0.717, 1.165) is 28.8 Å². The molecule has 0 spiro atoms. The van der Waals surface area contributed by atoms with Gasteiger partial charge in [-0.25, -0.2) is 4.79 Å². The maximum absolute atomic E-state index is 12.3. The van der Waals surface area contributed by atoms with Gasteiger partial charge in [-0.2, -0.15) is 14.5 Å². The Bertz CT molecular complexity index is 1250. The molecule has 0 atom stereocenters. The van der Waals surface area contributed by atoms with Crippen LogP contribution in [0, 0.1) is 6.92 Å². The summed E-state index contributed by atoms with van der Waals surface area (Å²) in [4.78, 5) is 12.3. The van der Waals surface area contributed by atoms with Crippen LogP contribution >= 0.6 is 0 Å². The molecule has 0 N–H and O–H groups in total. The fourth-order valence-electron chi connectivity index (χ4n) is 3.88. The van der Waals surface area contributed by atoms with Gasteiger partial charge in [-0.3, -0.25) is 0 Å². The lowest BCUT2D eigenvalue weighted by Crippen LogP contribution is -2.23. The number of nitrogens with zero attached hydrogens (tertiary/aromatic N) is 6. The van der Waals surface area contributed by atoms with Gasteiger partial charge in [-0.05, 0) is 77.9 Å². The number of aryl methyl sites for hydroxylation is 4. The first-order valence-corrected chi connectivity index (χ1v) is 10.9. The number of hydrogen-bond donors (Lipinski definition) is 0. The maximum atomic E-state index is 12.3. The second-order valence-electron chi connectivity index (χ2n) is 8.03. The summed E-state index contributed by atoms with van der Waals surface area (Å²) in [6.07, 6.45) is 4.13. The number of aromatic nitrogens is 4. The molecule has 0 aliphatic heterocycles. The van der Waals surface area contributed by atoms with Gasteiger partial charge in [0, 0.05) is 19.0 Å². The number of tetrazole rings is 1. The van der Waals surface area contributed by atoms with Crippen molar-refractivity contribution < 1.29 is 4.74 Å². The SMILES string of the molecule is CC/C(=N\N=C(C)c1ccc2c(c1)CCC2)OCc1c(C)cccc1-n1nnn(C)c1=O. The van der Waals surface area contributed by atoms with Gasteiger partial charge in [0.05, 0.1) is 11.4 Å². The molecule has 8 nitrogen and oxygen atoms in total. The van der Waals surface area contributed by atoms with Gasteiger partial charge in [0.15, 0.2) is 0 Å². The maximum Gasteiger partial charge on any atom is 0.368 e. The molecule has 1 aromatic heterocycles. The molecule has 1 aliphatic rings. The van der Waals surface area contributed by atoms with Crippen molar-refractivity contribution in [3.63, 3.8) is 0 Å². The Hall–Kier alpha value is -3.55. The van der Waals surface area contributed by atoms with Crippen molar-refractivity contribution in [1.29, 1.82) is 0 Å². The highest BCUT2D eigenvalue weighted by molar-refractivity contribution is 5.99. The number of fused-ring (bicyclic) bond motifs is 1. The van der Waals surface area contributed by atoms with Crippen molar-refractivity contribution >= 4 is 11.6 Å². The standard InChI is InChI=1S/C24H28N6O2/c1-5-23(26-25-17(3)19-13-12-18-9-7-10-20(18)14-19)32-15-21-16(2)8-6-11-22(21)30-24(31)29(4)27-28-30/h6,8,11-14H,5,7,9-10,15H2,1-4H3/b25-17?,26-23+. The monoisotopic (exact) mass is 432 g/mol. The van der Waals surface area contributed by atoms with E-state index in [9.17, 15) is 4.79 Å². The highest BCUT2D eigenvalue weighted by Gasteiger charge is 2.14. The quantitative estimate of drug-likeness (QED) is 0.339. The molecule has 0 radical (unpaired) electrons.